The number of hydrogen-bond acceptors (Lipinski definition) is 4. The summed E-state index contributed by atoms with van der Waals surface area (Å²) in [6, 6.07) is 5.67. The molecule has 1 aromatic heterocycles. The van der Waals surface area contributed by atoms with Crippen molar-refractivity contribution in [3.05, 3.63) is 40.7 Å². The summed E-state index contributed by atoms with van der Waals surface area (Å²) < 4.78 is 5.88. The monoisotopic (exact) mass is 291 g/mol. The van der Waals surface area contributed by atoms with Gasteiger partial charge in [-0.2, -0.15) is 0 Å². The van der Waals surface area contributed by atoms with E-state index in [1.807, 2.05) is 32.2 Å². The number of halogens is 1. The fraction of sp³-hybridized carbons (Fsp3) is 0.333. The molecule has 0 saturated carbocycles. The lowest BCUT2D eigenvalue weighted by Gasteiger charge is -2.16. The number of anilines is 1. The van der Waals surface area contributed by atoms with E-state index in [1.165, 1.54) is 6.33 Å². The van der Waals surface area contributed by atoms with Crippen LogP contribution in [-0.4, -0.2) is 17.0 Å². The lowest BCUT2D eigenvalue weighted by molar-refractivity contribution is 0.452. The van der Waals surface area contributed by atoms with Crippen molar-refractivity contribution < 1.29 is 4.74 Å². The second-order valence-corrected chi connectivity index (χ2v) is 5.29. The number of rotatable bonds is 4. The van der Waals surface area contributed by atoms with Crippen molar-refractivity contribution in [1.29, 1.82) is 0 Å². The highest BCUT2D eigenvalue weighted by molar-refractivity contribution is 6.32. The van der Waals surface area contributed by atoms with Gasteiger partial charge in [-0.3, -0.25) is 0 Å². The SMILES string of the molecule is CNc1ncnc(Oc2ccc(C)cc2Cl)c1C(C)C. The molecular weight excluding hydrogens is 274 g/mol. The Balaban J connectivity index is 2.43. The molecule has 0 amide bonds. The van der Waals surface area contributed by atoms with Crippen molar-refractivity contribution in [3.63, 3.8) is 0 Å². The van der Waals surface area contributed by atoms with E-state index in [-0.39, 0.29) is 5.92 Å². The van der Waals surface area contributed by atoms with Crippen molar-refractivity contribution in [3.8, 4) is 11.6 Å². The van der Waals surface area contributed by atoms with Crippen molar-refractivity contribution in [2.24, 2.45) is 0 Å². The Hall–Kier alpha value is -1.81. The Labute approximate surface area is 124 Å². The normalized spacial score (nSPS) is 10.7. The molecule has 0 radical (unpaired) electrons. The molecule has 106 valence electrons. The molecule has 0 aliphatic carbocycles. The van der Waals surface area contributed by atoms with E-state index >= 15 is 0 Å². The molecule has 0 unspecified atom stereocenters. The second-order valence-electron chi connectivity index (χ2n) is 4.88. The Morgan fingerprint density at radius 2 is 2.00 bits per heavy atom. The fourth-order valence-electron chi connectivity index (χ4n) is 1.97. The second kappa shape index (κ2) is 6.09. The van der Waals surface area contributed by atoms with Gasteiger partial charge in [-0.1, -0.05) is 31.5 Å². The number of aromatic nitrogens is 2. The third-order valence-electron chi connectivity index (χ3n) is 2.96. The van der Waals surface area contributed by atoms with Crippen LogP contribution < -0.4 is 10.1 Å². The summed E-state index contributed by atoms with van der Waals surface area (Å²) >= 11 is 6.20. The molecule has 0 aliphatic heterocycles. The van der Waals surface area contributed by atoms with Crippen LogP contribution in [0.4, 0.5) is 5.82 Å². The largest absolute Gasteiger partial charge is 0.437 e. The number of nitrogens with zero attached hydrogens (tertiary/aromatic N) is 2. The minimum atomic E-state index is 0.234. The first-order valence-corrected chi connectivity index (χ1v) is 6.87. The minimum absolute atomic E-state index is 0.234. The summed E-state index contributed by atoms with van der Waals surface area (Å²) in [7, 11) is 1.83. The van der Waals surface area contributed by atoms with Crippen molar-refractivity contribution in [1.82, 2.24) is 9.97 Å². The molecular formula is C15H18ClN3O. The number of ether oxygens (including phenoxy) is 1. The molecule has 0 spiro atoms. The molecule has 1 N–H and O–H groups in total. The Morgan fingerprint density at radius 1 is 1.25 bits per heavy atom. The van der Waals surface area contributed by atoms with Crippen LogP contribution in [0.2, 0.25) is 5.02 Å². The van der Waals surface area contributed by atoms with Crippen LogP contribution in [0.5, 0.6) is 11.6 Å². The first-order valence-electron chi connectivity index (χ1n) is 6.49. The van der Waals surface area contributed by atoms with Gasteiger partial charge < -0.3 is 10.1 Å². The lowest BCUT2D eigenvalue weighted by Crippen LogP contribution is -2.04. The van der Waals surface area contributed by atoms with Crippen LogP contribution in [0, 0.1) is 6.92 Å². The zero-order chi connectivity index (χ0) is 14.7. The van der Waals surface area contributed by atoms with E-state index in [0.717, 1.165) is 16.9 Å². The van der Waals surface area contributed by atoms with E-state index in [4.69, 9.17) is 16.3 Å². The van der Waals surface area contributed by atoms with E-state index in [9.17, 15) is 0 Å². The predicted octanol–water partition coefficient (Wildman–Crippen LogP) is 4.40. The first kappa shape index (κ1) is 14.6. The Bertz CT molecular complexity index is 614. The smallest absolute Gasteiger partial charge is 0.227 e. The van der Waals surface area contributed by atoms with Crippen LogP contribution in [0.3, 0.4) is 0 Å². The highest BCUT2D eigenvalue weighted by Crippen LogP contribution is 2.35. The number of nitrogens with one attached hydrogen (secondary N) is 1. The van der Waals surface area contributed by atoms with Crippen LogP contribution in [0.1, 0.15) is 30.9 Å². The molecule has 2 rings (SSSR count). The Morgan fingerprint density at radius 3 is 2.60 bits per heavy atom. The number of benzene rings is 1. The zero-order valence-electron chi connectivity index (χ0n) is 12.1. The van der Waals surface area contributed by atoms with Gasteiger partial charge in [-0.15, -0.1) is 0 Å². The maximum atomic E-state index is 6.20. The average molecular weight is 292 g/mol. The van der Waals surface area contributed by atoms with E-state index in [1.54, 1.807) is 0 Å². The fourth-order valence-corrected chi connectivity index (χ4v) is 2.25. The average Bonchev–Trinajstić information content (AvgIpc) is 2.41. The quantitative estimate of drug-likeness (QED) is 0.907. The molecule has 1 aromatic carbocycles. The van der Waals surface area contributed by atoms with Gasteiger partial charge in [-0.25, -0.2) is 9.97 Å². The van der Waals surface area contributed by atoms with Gasteiger partial charge in [0.2, 0.25) is 5.88 Å². The van der Waals surface area contributed by atoms with Gasteiger partial charge in [0.1, 0.15) is 17.9 Å². The summed E-state index contributed by atoms with van der Waals surface area (Å²) in [5, 5.41) is 3.64. The zero-order valence-corrected chi connectivity index (χ0v) is 12.8. The molecule has 0 fully saturated rings. The summed E-state index contributed by atoms with van der Waals surface area (Å²) in [5.74, 6) is 2.14. The van der Waals surface area contributed by atoms with Crippen LogP contribution in [0.25, 0.3) is 0 Å². The molecule has 4 nitrogen and oxygen atoms in total. The highest BCUT2D eigenvalue weighted by atomic mass is 35.5. The molecule has 0 atom stereocenters. The van der Waals surface area contributed by atoms with E-state index in [0.29, 0.717) is 16.7 Å². The van der Waals surface area contributed by atoms with Crippen molar-refractivity contribution >= 4 is 17.4 Å². The standard InChI is InChI=1S/C15H18ClN3O/c1-9(2)13-14(17-4)18-8-19-15(13)20-12-6-5-10(3)7-11(12)16/h5-9H,1-4H3,(H,17,18,19). The van der Waals surface area contributed by atoms with E-state index in [2.05, 4.69) is 29.1 Å². The Kier molecular flexibility index (Phi) is 4.45. The van der Waals surface area contributed by atoms with Gasteiger partial charge in [0, 0.05) is 7.05 Å². The first-order chi connectivity index (χ1) is 9.52. The maximum Gasteiger partial charge on any atom is 0.227 e. The van der Waals surface area contributed by atoms with Gasteiger partial charge in [0.15, 0.2) is 0 Å². The van der Waals surface area contributed by atoms with Crippen molar-refractivity contribution in [2.45, 2.75) is 26.7 Å². The van der Waals surface area contributed by atoms with E-state index < -0.39 is 0 Å². The predicted molar refractivity (Wildman–Crippen MR) is 81.9 cm³/mol. The van der Waals surface area contributed by atoms with Gasteiger partial charge in [-0.05, 0) is 30.5 Å². The highest BCUT2D eigenvalue weighted by Gasteiger charge is 2.17. The summed E-state index contributed by atoms with van der Waals surface area (Å²) in [6.45, 7) is 6.13. The number of aryl methyl sites for hydroxylation is 1. The molecule has 20 heavy (non-hydrogen) atoms. The molecule has 2 aromatic rings. The molecule has 5 heteroatoms. The minimum Gasteiger partial charge on any atom is -0.437 e. The summed E-state index contributed by atoms with van der Waals surface area (Å²) in [4.78, 5) is 8.46. The van der Waals surface area contributed by atoms with Crippen LogP contribution in [-0.2, 0) is 0 Å². The summed E-state index contributed by atoms with van der Waals surface area (Å²) in [5.41, 5.74) is 2.02. The molecule has 0 saturated heterocycles. The molecule has 0 bridgehead atoms. The third kappa shape index (κ3) is 3.02. The lowest BCUT2D eigenvalue weighted by atomic mass is 10.1. The number of hydrogen-bond donors (Lipinski definition) is 1. The van der Waals surface area contributed by atoms with Crippen LogP contribution >= 0.6 is 11.6 Å². The maximum absolute atomic E-state index is 6.20. The molecule has 1 heterocycles. The van der Waals surface area contributed by atoms with Crippen LogP contribution in [0.15, 0.2) is 24.5 Å². The topological polar surface area (TPSA) is 47.0 Å². The van der Waals surface area contributed by atoms with Gasteiger partial charge in [0.05, 0.1) is 10.6 Å². The van der Waals surface area contributed by atoms with Crippen molar-refractivity contribution in [2.75, 3.05) is 12.4 Å². The van der Waals surface area contributed by atoms with Gasteiger partial charge in [0.25, 0.3) is 0 Å². The molecule has 0 aliphatic rings. The summed E-state index contributed by atoms with van der Waals surface area (Å²) in [6.07, 6.45) is 1.48. The third-order valence-corrected chi connectivity index (χ3v) is 3.25. The van der Waals surface area contributed by atoms with Gasteiger partial charge >= 0.3 is 0 Å².